The van der Waals surface area contributed by atoms with Gasteiger partial charge in [-0.3, -0.25) is 4.79 Å². The Morgan fingerprint density at radius 2 is 2.08 bits per heavy atom. The van der Waals surface area contributed by atoms with Crippen LogP contribution in [0.5, 0.6) is 0 Å². The first-order valence-corrected chi connectivity index (χ1v) is 9.07. The average Bonchev–Trinajstić information content (AvgIpc) is 3.22. The maximum absolute atomic E-state index is 12.4. The van der Waals surface area contributed by atoms with Crippen LogP contribution in [0.15, 0.2) is 36.0 Å². The van der Waals surface area contributed by atoms with Crippen molar-refractivity contribution in [1.82, 2.24) is 25.1 Å². The van der Waals surface area contributed by atoms with Gasteiger partial charge in [0.25, 0.3) is 5.91 Å². The number of nitrogens with one attached hydrogen (secondary N) is 1. The standard InChI is InChI=1S/C18H21N5OS/c1-11(2)18-22-15(10-25-18)17(24)21-12(3)14-9-20-23(13(14)4)16-7-5-6-8-19-16/h5-12H,1-4H3,(H,21,24). The lowest BCUT2D eigenvalue weighted by Gasteiger charge is -2.13. The van der Waals surface area contributed by atoms with Crippen LogP contribution in [0.3, 0.4) is 0 Å². The summed E-state index contributed by atoms with van der Waals surface area (Å²) in [6, 6.07) is 5.51. The van der Waals surface area contributed by atoms with Crippen LogP contribution in [-0.2, 0) is 0 Å². The molecule has 0 spiro atoms. The van der Waals surface area contributed by atoms with Crippen LogP contribution >= 0.6 is 11.3 Å². The largest absolute Gasteiger partial charge is 0.344 e. The van der Waals surface area contributed by atoms with Crippen LogP contribution in [-0.4, -0.2) is 25.7 Å². The average molecular weight is 355 g/mol. The Morgan fingerprint density at radius 3 is 2.72 bits per heavy atom. The predicted octanol–water partition coefficient (Wildman–Crippen LogP) is 3.65. The second-order valence-electron chi connectivity index (χ2n) is 6.21. The summed E-state index contributed by atoms with van der Waals surface area (Å²) in [5.41, 5.74) is 2.38. The van der Waals surface area contributed by atoms with E-state index >= 15 is 0 Å². The Morgan fingerprint density at radius 1 is 1.28 bits per heavy atom. The first-order valence-electron chi connectivity index (χ1n) is 8.19. The van der Waals surface area contributed by atoms with Gasteiger partial charge in [-0.25, -0.2) is 14.6 Å². The second kappa shape index (κ2) is 7.14. The highest BCUT2D eigenvalue weighted by Crippen LogP contribution is 2.22. The molecule has 0 aliphatic heterocycles. The van der Waals surface area contributed by atoms with Gasteiger partial charge in [0.05, 0.1) is 17.2 Å². The highest BCUT2D eigenvalue weighted by atomic mass is 32.1. The Labute approximate surface area is 150 Å². The normalized spacial score (nSPS) is 12.4. The fourth-order valence-corrected chi connectivity index (χ4v) is 3.38. The van der Waals surface area contributed by atoms with Crippen LogP contribution in [0.4, 0.5) is 0 Å². The van der Waals surface area contributed by atoms with Crippen LogP contribution in [0.1, 0.15) is 59.5 Å². The lowest BCUT2D eigenvalue weighted by molar-refractivity contribution is 0.0935. The number of rotatable bonds is 5. The molecule has 0 saturated heterocycles. The van der Waals surface area contributed by atoms with Gasteiger partial charge in [0.1, 0.15) is 5.69 Å². The maximum atomic E-state index is 12.4. The molecule has 1 N–H and O–H groups in total. The summed E-state index contributed by atoms with van der Waals surface area (Å²) in [5.74, 6) is 0.911. The molecule has 1 unspecified atom stereocenters. The highest BCUT2D eigenvalue weighted by molar-refractivity contribution is 7.09. The van der Waals surface area contributed by atoms with Gasteiger partial charge in [0, 0.05) is 28.8 Å². The molecule has 3 aromatic rings. The third kappa shape index (κ3) is 3.61. The molecule has 0 aliphatic carbocycles. The number of hydrogen-bond acceptors (Lipinski definition) is 5. The molecule has 0 bridgehead atoms. The quantitative estimate of drug-likeness (QED) is 0.758. The van der Waals surface area contributed by atoms with E-state index in [1.54, 1.807) is 17.1 Å². The van der Waals surface area contributed by atoms with Gasteiger partial charge in [-0.1, -0.05) is 19.9 Å². The molecule has 25 heavy (non-hydrogen) atoms. The first kappa shape index (κ1) is 17.3. The summed E-state index contributed by atoms with van der Waals surface area (Å²) >= 11 is 1.52. The van der Waals surface area contributed by atoms with E-state index in [2.05, 4.69) is 34.2 Å². The summed E-state index contributed by atoms with van der Waals surface area (Å²) in [6.07, 6.45) is 3.51. The van der Waals surface area contributed by atoms with Gasteiger partial charge < -0.3 is 5.32 Å². The maximum Gasteiger partial charge on any atom is 0.271 e. The monoisotopic (exact) mass is 355 g/mol. The smallest absolute Gasteiger partial charge is 0.271 e. The third-order valence-electron chi connectivity index (χ3n) is 3.98. The van der Waals surface area contributed by atoms with E-state index in [-0.39, 0.29) is 11.9 Å². The van der Waals surface area contributed by atoms with Gasteiger partial charge >= 0.3 is 0 Å². The molecule has 0 aliphatic rings. The Bertz CT molecular complexity index is 869. The van der Waals surface area contributed by atoms with E-state index in [4.69, 9.17) is 0 Å². The van der Waals surface area contributed by atoms with Crippen molar-refractivity contribution < 1.29 is 4.79 Å². The minimum absolute atomic E-state index is 0.166. The predicted molar refractivity (Wildman–Crippen MR) is 98.2 cm³/mol. The van der Waals surface area contributed by atoms with Crippen molar-refractivity contribution in [2.24, 2.45) is 0 Å². The van der Waals surface area contributed by atoms with E-state index in [0.29, 0.717) is 11.6 Å². The molecular formula is C18H21N5OS. The number of thiazole rings is 1. The molecule has 1 amide bonds. The number of pyridine rings is 1. The van der Waals surface area contributed by atoms with Crippen molar-refractivity contribution in [3.05, 3.63) is 57.9 Å². The van der Waals surface area contributed by atoms with Crippen molar-refractivity contribution in [1.29, 1.82) is 0 Å². The van der Waals surface area contributed by atoms with Crippen LogP contribution < -0.4 is 5.32 Å². The summed E-state index contributed by atoms with van der Waals surface area (Å²) < 4.78 is 1.78. The molecule has 0 aromatic carbocycles. The molecule has 7 heteroatoms. The number of carbonyl (C=O) groups is 1. The number of amides is 1. The van der Waals surface area contributed by atoms with Crippen LogP contribution in [0, 0.1) is 6.92 Å². The highest BCUT2D eigenvalue weighted by Gasteiger charge is 2.19. The van der Waals surface area contributed by atoms with Crippen molar-refractivity contribution in [2.75, 3.05) is 0 Å². The summed E-state index contributed by atoms with van der Waals surface area (Å²) in [5, 5.41) is 10.2. The zero-order valence-corrected chi connectivity index (χ0v) is 15.5. The Balaban J connectivity index is 1.76. The molecule has 1 atom stereocenters. The van der Waals surface area contributed by atoms with Gasteiger partial charge in [-0.05, 0) is 26.0 Å². The fraction of sp³-hybridized carbons (Fsp3) is 0.333. The van der Waals surface area contributed by atoms with E-state index < -0.39 is 0 Å². The van der Waals surface area contributed by atoms with Gasteiger partial charge in [-0.15, -0.1) is 11.3 Å². The minimum atomic E-state index is -0.172. The number of carbonyl (C=O) groups excluding carboxylic acids is 1. The summed E-state index contributed by atoms with van der Waals surface area (Å²) in [4.78, 5) is 21.2. The lowest BCUT2D eigenvalue weighted by atomic mass is 10.1. The van der Waals surface area contributed by atoms with E-state index in [9.17, 15) is 4.79 Å². The second-order valence-corrected chi connectivity index (χ2v) is 7.10. The molecule has 0 saturated carbocycles. The molecule has 130 valence electrons. The van der Waals surface area contributed by atoms with Crippen molar-refractivity contribution in [3.8, 4) is 5.82 Å². The summed E-state index contributed by atoms with van der Waals surface area (Å²) in [6.45, 7) is 8.05. The zero-order chi connectivity index (χ0) is 18.0. The lowest BCUT2D eigenvalue weighted by Crippen LogP contribution is -2.27. The fourth-order valence-electron chi connectivity index (χ4n) is 2.56. The number of aromatic nitrogens is 4. The SMILES string of the molecule is Cc1c(C(C)NC(=O)c2csc(C(C)C)n2)cnn1-c1ccccn1. The van der Waals surface area contributed by atoms with Crippen molar-refractivity contribution in [3.63, 3.8) is 0 Å². The van der Waals surface area contributed by atoms with E-state index in [1.807, 2.05) is 37.4 Å². The first-order chi connectivity index (χ1) is 12.0. The van der Waals surface area contributed by atoms with Crippen molar-refractivity contribution in [2.45, 2.75) is 39.7 Å². The minimum Gasteiger partial charge on any atom is -0.344 e. The van der Waals surface area contributed by atoms with Crippen molar-refractivity contribution >= 4 is 17.2 Å². The van der Waals surface area contributed by atoms with Crippen LogP contribution in [0.2, 0.25) is 0 Å². The van der Waals surface area contributed by atoms with Crippen LogP contribution in [0.25, 0.3) is 5.82 Å². The Kier molecular flexibility index (Phi) is 4.94. The molecule has 3 heterocycles. The van der Waals surface area contributed by atoms with E-state index in [1.165, 1.54) is 11.3 Å². The molecule has 0 radical (unpaired) electrons. The number of hydrogen-bond donors (Lipinski definition) is 1. The molecule has 3 rings (SSSR count). The molecule has 3 aromatic heterocycles. The van der Waals surface area contributed by atoms with Gasteiger partial charge in [-0.2, -0.15) is 5.10 Å². The number of nitrogens with zero attached hydrogens (tertiary/aromatic N) is 4. The molecule has 0 fully saturated rings. The van der Waals surface area contributed by atoms with E-state index in [0.717, 1.165) is 22.1 Å². The molecular weight excluding hydrogens is 334 g/mol. The van der Waals surface area contributed by atoms with Gasteiger partial charge in [0.15, 0.2) is 5.82 Å². The topological polar surface area (TPSA) is 72.7 Å². The van der Waals surface area contributed by atoms with Gasteiger partial charge in [0.2, 0.25) is 0 Å². The zero-order valence-electron chi connectivity index (χ0n) is 14.7. The third-order valence-corrected chi connectivity index (χ3v) is 5.12. The summed E-state index contributed by atoms with van der Waals surface area (Å²) in [7, 11) is 0. The Hall–Kier alpha value is -2.54. The molecule has 6 nitrogen and oxygen atoms in total.